The van der Waals surface area contributed by atoms with Gasteiger partial charge in [-0.05, 0) is 18.2 Å². The van der Waals surface area contributed by atoms with Gasteiger partial charge in [-0.1, -0.05) is 0 Å². The molecule has 2 rings (SSSR count). The molecular weight excluding hydrogens is 357 g/mol. The topological polar surface area (TPSA) is 98.0 Å². The summed E-state index contributed by atoms with van der Waals surface area (Å²) in [4.78, 5) is 11.7. The normalized spacial score (nSPS) is 11.6. The molecule has 0 bridgehead atoms. The number of aromatic nitrogens is 2. The third-order valence-electron chi connectivity index (χ3n) is 3.14. The first-order valence-electron chi connectivity index (χ1n) is 7.12. The van der Waals surface area contributed by atoms with Gasteiger partial charge < -0.3 is 14.6 Å². The van der Waals surface area contributed by atoms with Crippen LogP contribution in [0.2, 0.25) is 0 Å². The Kier molecular flexibility index (Phi) is 5.70. The number of aromatic hydroxyl groups is 1. The number of nitrogens with zero attached hydrogens (tertiary/aromatic N) is 3. The third-order valence-corrected chi connectivity index (χ3v) is 3.14. The summed E-state index contributed by atoms with van der Waals surface area (Å²) in [5.41, 5.74) is 1.53. The number of alkyl halides is 3. The maximum Gasteiger partial charge on any atom is 0.435 e. The third kappa shape index (κ3) is 4.65. The van der Waals surface area contributed by atoms with E-state index in [4.69, 9.17) is 9.47 Å². The molecule has 11 heteroatoms. The standard InChI is InChI=1S/C15H15F3N4O4/c1-25-10-5-9(6-11(26-2)14(10)24)7-19-20-13(23)8-22-4-3-12(21-22)15(16,17)18/h3-7,24H,8H2,1-2H3,(H,20,23)/b19-7+. The van der Waals surface area contributed by atoms with Gasteiger partial charge in [0, 0.05) is 11.8 Å². The minimum atomic E-state index is -4.57. The van der Waals surface area contributed by atoms with Crippen molar-refractivity contribution < 1.29 is 32.5 Å². The number of methoxy groups -OCH3 is 2. The fourth-order valence-electron chi connectivity index (χ4n) is 1.95. The first kappa shape index (κ1) is 19.1. The molecule has 2 aromatic rings. The van der Waals surface area contributed by atoms with Crippen molar-refractivity contribution in [3.05, 3.63) is 35.7 Å². The predicted octanol–water partition coefficient (Wildman–Crippen LogP) is 1.77. The number of rotatable bonds is 6. The van der Waals surface area contributed by atoms with E-state index in [1.165, 1.54) is 32.6 Å². The molecular formula is C15H15F3N4O4. The maximum absolute atomic E-state index is 12.4. The number of amides is 1. The number of carbonyl (C=O) groups is 1. The van der Waals surface area contributed by atoms with Gasteiger partial charge in [0.25, 0.3) is 5.91 Å². The first-order chi connectivity index (χ1) is 12.2. The molecule has 0 aliphatic rings. The number of phenolic OH excluding ortho intramolecular Hbond substituents is 1. The van der Waals surface area contributed by atoms with E-state index in [-0.39, 0.29) is 17.2 Å². The van der Waals surface area contributed by atoms with Gasteiger partial charge in [-0.15, -0.1) is 0 Å². The second-order valence-corrected chi connectivity index (χ2v) is 4.96. The van der Waals surface area contributed by atoms with Crippen molar-refractivity contribution in [3.63, 3.8) is 0 Å². The van der Waals surface area contributed by atoms with Crippen molar-refractivity contribution in [3.8, 4) is 17.2 Å². The zero-order valence-electron chi connectivity index (χ0n) is 13.7. The molecule has 0 fully saturated rings. The zero-order valence-corrected chi connectivity index (χ0v) is 13.7. The van der Waals surface area contributed by atoms with Crippen LogP contribution in [-0.2, 0) is 17.5 Å². The minimum Gasteiger partial charge on any atom is -0.502 e. The van der Waals surface area contributed by atoms with E-state index >= 15 is 0 Å². The van der Waals surface area contributed by atoms with E-state index in [0.29, 0.717) is 5.56 Å². The van der Waals surface area contributed by atoms with Crippen LogP contribution in [0, 0.1) is 0 Å². The Hall–Kier alpha value is -3.24. The molecule has 140 valence electrons. The van der Waals surface area contributed by atoms with E-state index < -0.39 is 24.3 Å². The fourth-order valence-corrected chi connectivity index (χ4v) is 1.95. The van der Waals surface area contributed by atoms with Crippen LogP contribution in [0.15, 0.2) is 29.5 Å². The second kappa shape index (κ2) is 7.76. The van der Waals surface area contributed by atoms with Crippen molar-refractivity contribution in [2.75, 3.05) is 14.2 Å². The van der Waals surface area contributed by atoms with Crippen LogP contribution in [-0.4, -0.2) is 41.2 Å². The molecule has 1 heterocycles. The smallest absolute Gasteiger partial charge is 0.435 e. The van der Waals surface area contributed by atoms with Gasteiger partial charge in [0.05, 0.1) is 20.4 Å². The molecule has 0 unspecified atom stereocenters. The summed E-state index contributed by atoms with van der Waals surface area (Å²) >= 11 is 0. The predicted molar refractivity (Wildman–Crippen MR) is 84.2 cm³/mol. The lowest BCUT2D eigenvalue weighted by Gasteiger charge is -2.09. The minimum absolute atomic E-state index is 0.147. The van der Waals surface area contributed by atoms with Crippen LogP contribution in [0.5, 0.6) is 17.2 Å². The number of ether oxygens (including phenoxy) is 2. The van der Waals surface area contributed by atoms with E-state index in [0.717, 1.165) is 16.9 Å². The number of halogens is 3. The van der Waals surface area contributed by atoms with Gasteiger partial charge >= 0.3 is 6.18 Å². The molecule has 0 spiro atoms. The van der Waals surface area contributed by atoms with Crippen molar-refractivity contribution >= 4 is 12.1 Å². The lowest BCUT2D eigenvalue weighted by Crippen LogP contribution is -2.23. The summed E-state index contributed by atoms with van der Waals surface area (Å²) in [6.07, 6.45) is -2.27. The summed E-state index contributed by atoms with van der Waals surface area (Å²) < 4.78 is 48.1. The van der Waals surface area contributed by atoms with Crippen LogP contribution in [0.4, 0.5) is 13.2 Å². The highest BCUT2D eigenvalue weighted by molar-refractivity contribution is 5.84. The molecule has 2 N–H and O–H groups in total. The fraction of sp³-hybridized carbons (Fsp3) is 0.267. The Balaban J connectivity index is 2.00. The summed E-state index contributed by atoms with van der Waals surface area (Å²) in [5.74, 6) is -0.562. The van der Waals surface area contributed by atoms with Crippen LogP contribution in [0.25, 0.3) is 0 Å². The maximum atomic E-state index is 12.4. The van der Waals surface area contributed by atoms with Crippen molar-refractivity contribution in [2.24, 2.45) is 5.10 Å². The molecule has 1 amide bonds. The van der Waals surface area contributed by atoms with E-state index in [2.05, 4.69) is 15.6 Å². The lowest BCUT2D eigenvalue weighted by atomic mass is 10.2. The Morgan fingerprint density at radius 2 is 1.96 bits per heavy atom. The van der Waals surface area contributed by atoms with Gasteiger partial charge in [0.15, 0.2) is 17.2 Å². The SMILES string of the molecule is COc1cc(/C=N/NC(=O)Cn2ccc(C(F)(F)F)n2)cc(OC)c1O. The molecule has 0 saturated heterocycles. The van der Waals surface area contributed by atoms with E-state index in [1.807, 2.05) is 0 Å². The molecule has 0 saturated carbocycles. The monoisotopic (exact) mass is 372 g/mol. The van der Waals surface area contributed by atoms with E-state index in [9.17, 15) is 23.1 Å². The zero-order chi connectivity index (χ0) is 19.3. The van der Waals surface area contributed by atoms with E-state index in [1.54, 1.807) is 0 Å². The Morgan fingerprint density at radius 1 is 1.35 bits per heavy atom. The number of hydrazone groups is 1. The number of hydrogen-bond acceptors (Lipinski definition) is 6. The highest BCUT2D eigenvalue weighted by Crippen LogP contribution is 2.36. The lowest BCUT2D eigenvalue weighted by molar-refractivity contribution is -0.141. The Labute approximate surface area is 145 Å². The van der Waals surface area contributed by atoms with Crippen LogP contribution in [0.3, 0.4) is 0 Å². The van der Waals surface area contributed by atoms with Gasteiger partial charge in [-0.3, -0.25) is 9.48 Å². The molecule has 0 aliphatic carbocycles. The average Bonchev–Trinajstić information content (AvgIpc) is 3.04. The molecule has 0 aliphatic heterocycles. The summed E-state index contributed by atoms with van der Waals surface area (Å²) in [5, 5.41) is 16.8. The Morgan fingerprint density at radius 3 is 2.46 bits per heavy atom. The average molecular weight is 372 g/mol. The number of benzene rings is 1. The number of phenols is 1. The number of nitrogens with one attached hydrogen (secondary N) is 1. The molecule has 1 aromatic carbocycles. The van der Waals surface area contributed by atoms with Gasteiger partial charge in [0.2, 0.25) is 5.75 Å². The largest absolute Gasteiger partial charge is 0.502 e. The van der Waals surface area contributed by atoms with Crippen molar-refractivity contribution in [2.45, 2.75) is 12.7 Å². The first-order valence-corrected chi connectivity index (χ1v) is 7.12. The summed E-state index contributed by atoms with van der Waals surface area (Å²) in [6, 6.07) is 3.68. The summed E-state index contributed by atoms with van der Waals surface area (Å²) in [6.45, 7) is -0.435. The highest BCUT2D eigenvalue weighted by atomic mass is 19.4. The van der Waals surface area contributed by atoms with Crippen molar-refractivity contribution in [1.29, 1.82) is 0 Å². The highest BCUT2D eigenvalue weighted by Gasteiger charge is 2.33. The molecule has 0 atom stereocenters. The van der Waals surface area contributed by atoms with Crippen molar-refractivity contribution in [1.82, 2.24) is 15.2 Å². The van der Waals surface area contributed by atoms with Crippen LogP contribution < -0.4 is 14.9 Å². The Bertz CT molecular complexity index is 792. The van der Waals surface area contributed by atoms with Gasteiger partial charge in [-0.2, -0.15) is 23.4 Å². The molecule has 1 aromatic heterocycles. The second-order valence-electron chi connectivity index (χ2n) is 4.96. The number of hydrogen-bond donors (Lipinski definition) is 2. The quantitative estimate of drug-likeness (QED) is 0.595. The molecule has 8 nitrogen and oxygen atoms in total. The van der Waals surface area contributed by atoms with Gasteiger partial charge in [0.1, 0.15) is 6.54 Å². The van der Waals surface area contributed by atoms with Crippen LogP contribution >= 0.6 is 0 Å². The van der Waals surface area contributed by atoms with Gasteiger partial charge in [-0.25, -0.2) is 5.43 Å². The molecule has 26 heavy (non-hydrogen) atoms. The number of carbonyl (C=O) groups excluding carboxylic acids is 1. The summed E-state index contributed by atoms with van der Waals surface area (Å²) in [7, 11) is 2.72. The van der Waals surface area contributed by atoms with Crippen LogP contribution in [0.1, 0.15) is 11.3 Å². The molecule has 0 radical (unpaired) electrons.